The first-order chi connectivity index (χ1) is 13.5. The Kier molecular flexibility index (Phi) is 5.30. The molecule has 0 aliphatic carbocycles. The van der Waals surface area contributed by atoms with Crippen molar-refractivity contribution in [2.45, 2.75) is 46.0 Å². The molecule has 0 bridgehead atoms. The van der Waals surface area contributed by atoms with Crippen molar-refractivity contribution in [3.8, 4) is 5.69 Å². The van der Waals surface area contributed by atoms with E-state index in [-0.39, 0.29) is 6.61 Å². The fourth-order valence-corrected chi connectivity index (χ4v) is 3.88. The van der Waals surface area contributed by atoms with Gasteiger partial charge in [-0.2, -0.15) is 10.2 Å². The van der Waals surface area contributed by atoms with Gasteiger partial charge in [-0.25, -0.2) is 4.68 Å². The van der Waals surface area contributed by atoms with Gasteiger partial charge >= 0.3 is 0 Å². The number of aliphatic hydroxyl groups excluding tert-OH is 2. The van der Waals surface area contributed by atoms with Crippen molar-refractivity contribution in [2.75, 3.05) is 13.2 Å². The zero-order valence-electron chi connectivity index (χ0n) is 16.4. The fourth-order valence-electron chi connectivity index (χ4n) is 3.88. The summed E-state index contributed by atoms with van der Waals surface area (Å²) < 4.78 is 3.94. The Morgan fingerprint density at radius 3 is 2.71 bits per heavy atom. The van der Waals surface area contributed by atoms with E-state index in [9.17, 15) is 10.2 Å². The van der Waals surface area contributed by atoms with Gasteiger partial charge in [-0.05, 0) is 50.1 Å². The Morgan fingerprint density at radius 2 is 1.96 bits per heavy atom. The predicted octanol–water partition coefficient (Wildman–Crippen LogP) is 2.12. The van der Waals surface area contributed by atoms with Crippen LogP contribution in [0.25, 0.3) is 5.69 Å². The van der Waals surface area contributed by atoms with E-state index in [2.05, 4.69) is 52.4 Å². The number of aliphatic hydroxyl groups is 2. The molecule has 1 aliphatic heterocycles. The van der Waals surface area contributed by atoms with Gasteiger partial charge in [-0.3, -0.25) is 9.58 Å². The molecule has 0 radical (unpaired) electrons. The molecule has 1 unspecified atom stereocenters. The van der Waals surface area contributed by atoms with Gasteiger partial charge in [0.15, 0.2) is 0 Å². The van der Waals surface area contributed by atoms with Gasteiger partial charge < -0.3 is 10.2 Å². The molecule has 28 heavy (non-hydrogen) atoms. The topological polar surface area (TPSA) is 79.3 Å². The van der Waals surface area contributed by atoms with Crippen LogP contribution in [0.2, 0.25) is 0 Å². The highest BCUT2D eigenvalue weighted by atomic mass is 16.3. The zero-order valence-corrected chi connectivity index (χ0v) is 16.4. The number of fused-ring (bicyclic) bond motifs is 1. The van der Waals surface area contributed by atoms with E-state index in [1.54, 1.807) is 0 Å². The maximum atomic E-state index is 9.87. The minimum Gasteiger partial charge on any atom is -0.393 e. The first-order valence-electron chi connectivity index (χ1n) is 9.74. The Labute approximate surface area is 164 Å². The van der Waals surface area contributed by atoms with Crippen molar-refractivity contribution in [2.24, 2.45) is 0 Å². The molecule has 0 saturated heterocycles. The number of aryl methyl sites for hydroxylation is 3. The summed E-state index contributed by atoms with van der Waals surface area (Å²) in [7, 11) is 0. The Morgan fingerprint density at radius 1 is 1.11 bits per heavy atom. The Hall–Kier alpha value is -2.48. The summed E-state index contributed by atoms with van der Waals surface area (Å²) in [6, 6.07) is 12.5. The van der Waals surface area contributed by atoms with Crippen molar-refractivity contribution in [3.05, 3.63) is 64.7 Å². The molecular formula is C21H27N5O2. The Bertz CT molecular complexity index is 962. The maximum Gasteiger partial charge on any atom is 0.121 e. The van der Waals surface area contributed by atoms with Crippen LogP contribution in [0.15, 0.2) is 36.4 Å². The highest BCUT2D eigenvalue weighted by Crippen LogP contribution is 2.20. The van der Waals surface area contributed by atoms with Gasteiger partial charge in [-0.1, -0.05) is 12.1 Å². The van der Waals surface area contributed by atoms with Crippen molar-refractivity contribution >= 4 is 0 Å². The summed E-state index contributed by atoms with van der Waals surface area (Å²) in [6.45, 7) is 7.21. The van der Waals surface area contributed by atoms with Crippen LogP contribution in [0.4, 0.5) is 0 Å². The van der Waals surface area contributed by atoms with E-state index in [0.717, 1.165) is 55.4 Å². The van der Waals surface area contributed by atoms with E-state index < -0.39 is 6.10 Å². The minimum atomic E-state index is -0.912. The van der Waals surface area contributed by atoms with Crippen LogP contribution in [0.1, 0.15) is 40.9 Å². The molecule has 0 fully saturated rings. The summed E-state index contributed by atoms with van der Waals surface area (Å²) >= 11 is 0. The molecule has 3 heterocycles. The molecule has 7 nitrogen and oxygen atoms in total. The summed E-state index contributed by atoms with van der Waals surface area (Å²) in [5.41, 5.74) is 6.10. The molecule has 7 heteroatoms. The predicted molar refractivity (Wildman–Crippen MR) is 106 cm³/mol. The lowest BCUT2D eigenvalue weighted by Gasteiger charge is -2.20. The van der Waals surface area contributed by atoms with E-state index in [1.807, 2.05) is 22.4 Å². The first-order valence-corrected chi connectivity index (χ1v) is 9.74. The highest BCUT2D eigenvalue weighted by molar-refractivity contribution is 5.37. The lowest BCUT2D eigenvalue weighted by molar-refractivity contribution is 0.0916. The van der Waals surface area contributed by atoms with Gasteiger partial charge in [-0.15, -0.1) is 0 Å². The quantitative estimate of drug-likeness (QED) is 0.708. The molecule has 148 valence electrons. The lowest BCUT2D eigenvalue weighted by atomic mass is 10.1. The second kappa shape index (κ2) is 7.87. The van der Waals surface area contributed by atoms with Crippen LogP contribution in [0, 0.1) is 13.8 Å². The smallest absolute Gasteiger partial charge is 0.121 e. The second-order valence-electron chi connectivity index (χ2n) is 7.56. The summed E-state index contributed by atoms with van der Waals surface area (Å²) in [5.74, 6) is 0. The number of aromatic nitrogens is 4. The van der Waals surface area contributed by atoms with E-state index >= 15 is 0 Å². The zero-order chi connectivity index (χ0) is 19.7. The van der Waals surface area contributed by atoms with E-state index in [4.69, 9.17) is 0 Å². The van der Waals surface area contributed by atoms with Crippen LogP contribution in [-0.4, -0.2) is 47.8 Å². The molecule has 0 spiro atoms. The molecule has 1 atom stereocenters. The Balaban J connectivity index is 1.52. The monoisotopic (exact) mass is 381 g/mol. The summed E-state index contributed by atoms with van der Waals surface area (Å²) in [4.78, 5) is 2.40. The largest absolute Gasteiger partial charge is 0.393 e. The molecule has 1 aromatic carbocycles. The molecule has 2 N–H and O–H groups in total. The fraction of sp³-hybridized carbons (Fsp3) is 0.429. The molecule has 2 aromatic heterocycles. The first kappa shape index (κ1) is 18.9. The number of hydrogen-bond acceptors (Lipinski definition) is 5. The third-order valence-electron chi connectivity index (χ3n) is 5.20. The third kappa shape index (κ3) is 3.87. The van der Waals surface area contributed by atoms with Crippen molar-refractivity contribution in [1.29, 1.82) is 0 Å². The van der Waals surface area contributed by atoms with Gasteiger partial charge in [0, 0.05) is 31.9 Å². The third-order valence-corrected chi connectivity index (χ3v) is 5.20. The SMILES string of the molecule is Cc1cc(C)n(-c2cccc(CN3CCCn4nc(C(O)CO)cc4C3)c2)n1. The summed E-state index contributed by atoms with van der Waals surface area (Å²) in [5, 5.41) is 28.1. The highest BCUT2D eigenvalue weighted by Gasteiger charge is 2.19. The molecule has 0 amide bonds. The van der Waals surface area contributed by atoms with Crippen molar-refractivity contribution in [1.82, 2.24) is 24.5 Å². The number of nitrogens with zero attached hydrogens (tertiary/aromatic N) is 5. The van der Waals surface area contributed by atoms with Crippen LogP contribution in [0.5, 0.6) is 0 Å². The average molecular weight is 381 g/mol. The number of hydrogen-bond donors (Lipinski definition) is 2. The van der Waals surface area contributed by atoms with Crippen LogP contribution < -0.4 is 0 Å². The molecule has 3 aromatic rings. The average Bonchev–Trinajstić information content (AvgIpc) is 3.18. The lowest BCUT2D eigenvalue weighted by Crippen LogP contribution is -2.22. The van der Waals surface area contributed by atoms with Crippen LogP contribution in [-0.2, 0) is 19.6 Å². The molecular weight excluding hydrogens is 354 g/mol. The van der Waals surface area contributed by atoms with Gasteiger partial charge in [0.2, 0.25) is 0 Å². The molecule has 1 aliphatic rings. The van der Waals surface area contributed by atoms with Crippen LogP contribution in [0.3, 0.4) is 0 Å². The van der Waals surface area contributed by atoms with Gasteiger partial charge in [0.25, 0.3) is 0 Å². The number of benzene rings is 1. The number of rotatable bonds is 5. The van der Waals surface area contributed by atoms with E-state index in [0.29, 0.717) is 5.69 Å². The molecule has 0 saturated carbocycles. The van der Waals surface area contributed by atoms with E-state index in [1.165, 1.54) is 5.56 Å². The van der Waals surface area contributed by atoms with Crippen molar-refractivity contribution < 1.29 is 10.2 Å². The van der Waals surface area contributed by atoms with Crippen molar-refractivity contribution in [3.63, 3.8) is 0 Å². The van der Waals surface area contributed by atoms with Gasteiger partial charge in [0.05, 0.1) is 29.4 Å². The second-order valence-corrected chi connectivity index (χ2v) is 7.56. The van der Waals surface area contributed by atoms with Gasteiger partial charge in [0.1, 0.15) is 6.10 Å². The normalized spacial score (nSPS) is 16.0. The molecule has 4 rings (SSSR count). The minimum absolute atomic E-state index is 0.306. The standard InChI is InChI=1S/C21H27N5O2/c1-15-9-16(2)26(22-15)18-6-3-5-17(10-18)12-24-7-4-8-25-19(13-24)11-20(23-25)21(28)14-27/h3,5-6,9-11,21,27-28H,4,7-8,12-14H2,1-2H3. The summed E-state index contributed by atoms with van der Waals surface area (Å²) in [6.07, 6.45) is 0.0888. The van der Waals surface area contributed by atoms with Crippen LogP contribution >= 0.6 is 0 Å². The maximum absolute atomic E-state index is 9.87.